The molecule has 1 atom stereocenters. The van der Waals surface area contributed by atoms with Crippen LogP contribution in [0.1, 0.15) is 58.9 Å². The second-order valence-corrected chi connectivity index (χ2v) is 10.9. The Bertz CT molecular complexity index is 1350. The van der Waals surface area contributed by atoms with E-state index in [4.69, 9.17) is 4.74 Å². The highest BCUT2D eigenvalue weighted by Crippen LogP contribution is 2.33. The summed E-state index contributed by atoms with van der Waals surface area (Å²) < 4.78 is 6.11. The van der Waals surface area contributed by atoms with E-state index < -0.39 is 6.10 Å². The fourth-order valence-electron chi connectivity index (χ4n) is 5.97. The summed E-state index contributed by atoms with van der Waals surface area (Å²) in [5.74, 6) is 0.785. The van der Waals surface area contributed by atoms with Gasteiger partial charge in [-0.1, -0.05) is 92.7 Å². The molecule has 0 saturated carbocycles. The highest BCUT2D eigenvalue weighted by atomic mass is 16.5. The van der Waals surface area contributed by atoms with Crippen LogP contribution in [-0.4, -0.2) is 29.6 Å². The van der Waals surface area contributed by atoms with Crippen molar-refractivity contribution in [3.05, 3.63) is 130 Å². The van der Waals surface area contributed by atoms with Crippen molar-refractivity contribution in [2.45, 2.75) is 64.8 Å². The lowest BCUT2D eigenvalue weighted by Gasteiger charge is -2.31. The molecule has 4 aromatic rings. The van der Waals surface area contributed by atoms with Gasteiger partial charge in [0.25, 0.3) is 0 Å². The molecule has 4 heteroatoms. The molecule has 0 amide bonds. The lowest BCUT2D eigenvalue weighted by atomic mass is 9.97. The summed E-state index contributed by atoms with van der Waals surface area (Å²) in [7, 11) is 1.90. The summed E-state index contributed by atoms with van der Waals surface area (Å²) in [6.07, 6.45) is 3.60. The van der Waals surface area contributed by atoms with Gasteiger partial charge in [0.2, 0.25) is 0 Å². The number of aryl methyl sites for hydroxylation is 2. The van der Waals surface area contributed by atoms with Gasteiger partial charge in [0, 0.05) is 26.2 Å². The second kappa shape index (κ2) is 13.2. The van der Waals surface area contributed by atoms with Crippen LogP contribution in [0.4, 0.5) is 5.69 Å². The minimum absolute atomic E-state index is 0.360. The lowest BCUT2D eigenvalue weighted by molar-refractivity contribution is 0.0835. The number of nitrogens with zero attached hydrogens (tertiary/aromatic N) is 1. The monoisotopic (exact) mass is 534 g/mol. The maximum absolute atomic E-state index is 11.5. The van der Waals surface area contributed by atoms with Gasteiger partial charge >= 0.3 is 0 Å². The third-order valence-corrected chi connectivity index (χ3v) is 8.24. The molecular formula is C36H42N2O2. The van der Waals surface area contributed by atoms with E-state index in [-0.39, 0.29) is 0 Å². The molecule has 208 valence electrons. The molecule has 0 bridgehead atoms. The average molecular weight is 535 g/mol. The first kappa shape index (κ1) is 27.9. The number of anilines is 1. The number of ether oxygens (including phenoxy) is 1. The van der Waals surface area contributed by atoms with Crippen LogP contribution in [0.15, 0.2) is 91.0 Å². The number of aliphatic hydroxyl groups excluding tert-OH is 1. The molecule has 4 aromatic carbocycles. The Morgan fingerprint density at radius 3 is 2.00 bits per heavy atom. The van der Waals surface area contributed by atoms with E-state index in [1.165, 1.54) is 27.8 Å². The Kier molecular flexibility index (Phi) is 9.20. The van der Waals surface area contributed by atoms with Crippen LogP contribution in [0.25, 0.3) is 0 Å². The van der Waals surface area contributed by atoms with Crippen molar-refractivity contribution >= 4 is 5.69 Å². The molecule has 0 aromatic heterocycles. The van der Waals surface area contributed by atoms with Gasteiger partial charge in [-0.05, 0) is 76.8 Å². The van der Waals surface area contributed by atoms with Gasteiger partial charge in [-0.3, -0.25) is 4.90 Å². The smallest absolute Gasteiger partial charge is 0.142 e. The van der Waals surface area contributed by atoms with E-state index >= 15 is 0 Å². The van der Waals surface area contributed by atoms with Crippen LogP contribution in [0.3, 0.4) is 0 Å². The van der Waals surface area contributed by atoms with Gasteiger partial charge < -0.3 is 15.2 Å². The summed E-state index contributed by atoms with van der Waals surface area (Å²) >= 11 is 0. The van der Waals surface area contributed by atoms with Gasteiger partial charge in [0.15, 0.2) is 0 Å². The number of aliphatic hydroxyl groups is 1. The molecule has 0 radical (unpaired) electrons. The van der Waals surface area contributed by atoms with E-state index in [2.05, 4.69) is 78.7 Å². The number of hydrogen-bond acceptors (Lipinski definition) is 4. The zero-order chi connectivity index (χ0) is 27.9. The van der Waals surface area contributed by atoms with Crippen molar-refractivity contribution in [3.8, 4) is 5.75 Å². The van der Waals surface area contributed by atoms with Gasteiger partial charge in [0.05, 0.1) is 11.8 Å². The molecule has 1 aliphatic rings. The maximum atomic E-state index is 11.5. The number of benzene rings is 4. The fourth-order valence-corrected chi connectivity index (χ4v) is 5.97. The SMILES string of the molecule is CCc1cc2c(cc1CC)CC(N(Cc1ccccc1)CC(O)c1ccc(OCc3ccccc3)c(NC)c1)C2. The molecule has 40 heavy (non-hydrogen) atoms. The van der Waals surface area contributed by atoms with E-state index in [9.17, 15) is 5.11 Å². The molecule has 0 heterocycles. The quantitative estimate of drug-likeness (QED) is 0.203. The third kappa shape index (κ3) is 6.57. The molecule has 2 N–H and O–H groups in total. The molecule has 5 rings (SSSR count). The van der Waals surface area contributed by atoms with E-state index in [0.717, 1.165) is 54.8 Å². The van der Waals surface area contributed by atoms with E-state index in [1.54, 1.807) is 0 Å². The van der Waals surface area contributed by atoms with E-state index in [0.29, 0.717) is 19.2 Å². The Hall–Kier alpha value is -3.60. The highest BCUT2D eigenvalue weighted by molar-refractivity contribution is 5.58. The molecule has 1 unspecified atom stereocenters. The van der Waals surface area contributed by atoms with Crippen LogP contribution in [0, 0.1) is 0 Å². The lowest BCUT2D eigenvalue weighted by Crippen LogP contribution is -2.38. The Morgan fingerprint density at radius 1 is 0.825 bits per heavy atom. The third-order valence-electron chi connectivity index (χ3n) is 8.24. The first-order chi connectivity index (χ1) is 19.6. The zero-order valence-electron chi connectivity index (χ0n) is 24.1. The van der Waals surface area contributed by atoms with Crippen molar-refractivity contribution < 1.29 is 9.84 Å². The van der Waals surface area contributed by atoms with Crippen LogP contribution in [0.5, 0.6) is 5.75 Å². The summed E-state index contributed by atoms with van der Waals surface area (Å²) in [5, 5.41) is 14.8. The zero-order valence-corrected chi connectivity index (χ0v) is 24.1. The maximum Gasteiger partial charge on any atom is 0.142 e. The minimum atomic E-state index is -0.611. The number of rotatable bonds is 12. The standard InChI is InChI=1S/C36H42N2O2/c1-4-28-18-31-20-33(21-32(31)19-29(28)5-2)38(23-26-12-8-6-9-13-26)24-35(39)30-16-17-36(34(22-30)37-3)40-25-27-14-10-7-11-15-27/h6-19,22,33,35,37,39H,4-5,20-21,23-25H2,1-3H3. The molecule has 1 aliphatic carbocycles. The number of hydrogen-bond donors (Lipinski definition) is 2. The Labute approximate surface area is 239 Å². The molecule has 4 nitrogen and oxygen atoms in total. The Balaban J connectivity index is 1.34. The molecule has 0 saturated heterocycles. The summed E-state index contributed by atoms with van der Waals surface area (Å²) in [4.78, 5) is 2.48. The van der Waals surface area contributed by atoms with Gasteiger partial charge in [-0.2, -0.15) is 0 Å². The van der Waals surface area contributed by atoms with E-state index in [1.807, 2.05) is 43.4 Å². The molecule has 0 spiro atoms. The van der Waals surface area contributed by atoms with Crippen LogP contribution in [-0.2, 0) is 38.8 Å². The van der Waals surface area contributed by atoms with Gasteiger partial charge in [0.1, 0.15) is 12.4 Å². The second-order valence-electron chi connectivity index (χ2n) is 10.9. The highest BCUT2D eigenvalue weighted by Gasteiger charge is 2.29. The summed E-state index contributed by atoms with van der Waals surface area (Å²) in [6, 6.07) is 32.0. The first-order valence-electron chi connectivity index (χ1n) is 14.7. The van der Waals surface area contributed by atoms with Crippen molar-refractivity contribution in [2.75, 3.05) is 18.9 Å². The fraction of sp³-hybridized carbons (Fsp3) is 0.333. The first-order valence-corrected chi connectivity index (χ1v) is 14.7. The molecule has 0 fully saturated rings. The summed E-state index contributed by atoms with van der Waals surface area (Å²) in [5.41, 5.74) is 10.1. The van der Waals surface area contributed by atoms with Gasteiger partial charge in [-0.25, -0.2) is 0 Å². The topological polar surface area (TPSA) is 44.7 Å². The van der Waals surface area contributed by atoms with Crippen molar-refractivity contribution in [3.63, 3.8) is 0 Å². The molecule has 0 aliphatic heterocycles. The van der Waals surface area contributed by atoms with Crippen LogP contribution < -0.4 is 10.1 Å². The minimum Gasteiger partial charge on any atom is -0.487 e. The van der Waals surface area contributed by atoms with Crippen molar-refractivity contribution in [1.82, 2.24) is 4.90 Å². The molecular weight excluding hydrogens is 492 g/mol. The number of fused-ring (bicyclic) bond motifs is 1. The van der Waals surface area contributed by atoms with Crippen LogP contribution >= 0.6 is 0 Å². The number of nitrogens with one attached hydrogen (secondary N) is 1. The van der Waals surface area contributed by atoms with Crippen molar-refractivity contribution in [1.29, 1.82) is 0 Å². The largest absolute Gasteiger partial charge is 0.487 e. The van der Waals surface area contributed by atoms with Crippen molar-refractivity contribution in [2.24, 2.45) is 0 Å². The predicted octanol–water partition coefficient (Wildman–Crippen LogP) is 7.14. The Morgan fingerprint density at radius 2 is 1.43 bits per heavy atom. The van der Waals surface area contributed by atoms with Crippen LogP contribution in [0.2, 0.25) is 0 Å². The predicted molar refractivity (Wildman–Crippen MR) is 165 cm³/mol. The average Bonchev–Trinajstić information content (AvgIpc) is 3.42. The summed E-state index contributed by atoms with van der Waals surface area (Å²) in [6.45, 7) is 6.40. The van der Waals surface area contributed by atoms with Gasteiger partial charge in [-0.15, -0.1) is 0 Å². The normalized spacial score (nSPS) is 13.8.